The number of hydrogen-bond acceptors (Lipinski definition) is 4. The molecule has 2 aromatic carbocycles. The Hall–Kier alpha value is -3.14. The van der Waals surface area contributed by atoms with Crippen LogP contribution >= 0.6 is 0 Å². The van der Waals surface area contributed by atoms with E-state index in [2.05, 4.69) is 4.98 Å². The lowest BCUT2D eigenvalue weighted by molar-refractivity contribution is 0.112. The van der Waals surface area contributed by atoms with Crippen LogP contribution in [0.3, 0.4) is 0 Å². The number of pyridine rings is 1. The third-order valence-electron chi connectivity index (χ3n) is 3.66. The Bertz CT molecular complexity index is 814. The van der Waals surface area contributed by atoms with E-state index in [1.165, 1.54) is 0 Å². The van der Waals surface area contributed by atoms with Crippen LogP contribution in [0.25, 0.3) is 11.1 Å². The molecule has 0 amide bonds. The van der Waals surface area contributed by atoms with E-state index in [0.29, 0.717) is 23.8 Å². The van der Waals surface area contributed by atoms with Crippen molar-refractivity contribution in [3.8, 4) is 22.8 Å². The smallest absolute Gasteiger partial charge is 0.213 e. The average Bonchev–Trinajstić information content (AvgIpc) is 2.67. The first-order chi connectivity index (χ1) is 11.8. The van der Waals surface area contributed by atoms with Crippen molar-refractivity contribution in [2.75, 3.05) is 7.11 Å². The topological polar surface area (TPSA) is 48.4 Å². The molecule has 3 aromatic rings. The van der Waals surface area contributed by atoms with Crippen LogP contribution < -0.4 is 9.47 Å². The molecule has 0 bridgehead atoms. The van der Waals surface area contributed by atoms with Crippen LogP contribution in [0.5, 0.6) is 11.6 Å². The summed E-state index contributed by atoms with van der Waals surface area (Å²) in [6.07, 6.45) is 2.52. The molecular formula is C20H17NO3. The van der Waals surface area contributed by atoms with E-state index >= 15 is 0 Å². The number of nitrogens with zero attached hydrogens (tertiary/aromatic N) is 1. The van der Waals surface area contributed by atoms with Crippen LogP contribution in [-0.4, -0.2) is 18.4 Å². The Balaban J connectivity index is 1.78. The van der Waals surface area contributed by atoms with Crippen LogP contribution in [0.2, 0.25) is 0 Å². The van der Waals surface area contributed by atoms with Crippen molar-refractivity contribution in [3.05, 3.63) is 78.0 Å². The summed E-state index contributed by atoms with van der Waals surface area (Å²) in [6, 6.07) is 18.9. The molecule has 3 rings (SSSR count). The maximum atomic E-state index is 11.2. The molecule has 24 heavy (non-hydrogen) atoms. The van der Waals surface area contributed by atoms with Crippen LogP contribution in [-0.2, 0) is 6.61 Å². The van der Waals surface area contributed by atoms with E-state index in [1.54, 1.807) is 31.5 Å². The fourth-order valence-electron chi connectivity index (χ4n) is 2.37. The number of aldehydes is 1. The zero-order valence-electron chi connectivity index (χ0n) is 13.3. The number of carbonyl (C=O) groups is 1. The van der Waals surface area contributed by atoms with E-state index < -0.39 is 0 Å². The summed E-state index contributed by atoms with van der Waals surface area (Å²) < 4.78 is 10.9. The van der Waals surface area contributed by atoms with Crippen molar-refractivity contribution in [1.82, 2.24) is 4.98 Å². The van der Waals surface area contributed by atoms with Crippen molar-refractivity contribution in [2.45, 2.75) is 6.61 Å². The van der Waals surface area contributed by atoms with Gasteiger partial charge in [0.15, 0.2) is 6.29 Å². The van der Waals surface area contributed by atoms with Crippen LogP contribution in [0.4, 0.5) is 0 Å². The number of methoxy groups -OCH3 is 1. The molecule has 4 heteroatoms. The van der Waals surface area contributed by atoms with Gasteiger partial charge in [0.25, 0.3) is 0 Å². The standard InChI is InChI=1S/C20H17NO3/c1-23-18-9-7-17(13-22)19(11-18)16-8-10-20(21-12-16)24-14-15-5-3-2-4-6-15/h2-13H,14H2,1H3. The molecule has 0 unspecified atom stereocenters. The molecular weight excluding hydrogens is 302 g/mol. The lowest BCUT2D eigenvalue weighted by atomic mass is 10.0. The van der Waals surface area contributed by atoms with Gasteiger partial charge in [-0.15, -0.1) is 0 Å². The fourth-order valence-corrected chi connectivity index (χ4v) is 2.37. The first-order valence-electron chi connectivity index (χ1n) is 7.56. The molecule has 0 atom stereocenters. The molecule has 0 saturated heterocycles. The highest BCUT2D eigenvalue weighted by molar-refractivity contribution is 5.88. The van der Waals surface area contributed by atoms with E-state index in [4.69, 9.17) is 9.47 Å². The Morgan fingerprint density at radius 1 is 1.04 bits per heavy atom. The van der Waals surface area contributed by atoms with Gasteiger partial charge in [-0.05, 0) is 35.4 Å². The highest BCUT2D eigenvalue weighted by atomic mass is 16.5. The van der Waals surface area contributed by atoms with Crippen molar-refractivity contribution in [2.24, 2.45) is 0 Å². The van der Waals surface area contributed by atoms with Crippen LogP contribution in [0.1, 0.15) is 15.9 Å². The molecule has 0 aliphatic rings. The molecule has 1 aromatic heterocycles. The number of aromatic nitrogens is 1. The molecule has 0 aliphatic carbocycles. The number of hydrogen-bond donors (Lipinski definition) is 0. The molecule has 0 aliphatic heterocycles. The Morgan fingerprint density at radius 3 is 2.54 bits per heavy atom. The van der Waals surface area contributed by atoms with Gasteiger partial charge in [-0.3, -0.25) is 4.79 Å². The summed E-state index contributed by atoms with van der Waals surface area (Å²) in [4.78, 5) is 15.6. The Morgan fingerprint density at radius 2 is 1.88 bits per heavy atom. The highest BCUT2D eigenvalue weighted by Gasteiger charge is 2.08. The second-order valence-electron chi connectivity index (χ2n) is 5.23. The first kappa shape index (κ1) is 15.7. The van der Waals surface area contributed by atoms with Gasteiger partial charge in [0, 0.05) is 23.4 Å². The molecule has 0 saturated carbocycles. The SMILES string of the molecule is COc1ccc(C=O)c(-c2ccc(OCc3ccccc3)nc2)c1. The van der Waals surface area contributed by atoms with Gasteiger partial charge in [-0.25, -0.2) is 4.98 Å². The predicted octanol–water partition coefficient (Wildman–Crippen LogP) is 4.15. The number of carbonyl (C=O) groups excluding carboxylic acids is 1. The second-order valence-corrected chi connectivity index (χ2v) is 5.23. The first-order valence-corrected chi connectivity index (χ1v) is 7.56. The van der Waals surface area contributed by atoms with Crippen LogP contribution in [0.15, 0.2) is 66.9 Å². The maximum absolute atomic E-state index is 11.2. The molecule has 0 spiro atoms. The Labute approximate surface area is 140 Å². The van der Waals surface area contributed by atoms with E-state index in [1.807, 2.05) is 42.5 Å². The molecule has 4 nitrogen and oxygen atoms in total. The minimum atomic E-state index is 0.464. The third kappa shape index (κ3) is 3.60. The molecule has 0 radical (unpaired) electrons. The zero-order valence-corrected chi connectivity index (χ0v) is 13.3. The van der Waals surface area contributed by atoms with E-state index in [9.17, 15) is 4.79 Å². The van der Waals surface area contributed by atoms with Crippen molar-refractivity contribution >= 4 is 6.29 Å². The number of ether oxygens (including phenoxy) is 2. The summed E-state index contributed by atoms with van der Waals surface area (Å²) in [5.74, 6) is 1.23. The molecule has 120 valence electrons. The van der Waals surface area contributed by atoms with Gasteiger partial charge in [-0.2, -0.15) is 0 Å². The van der Waals surface area contributed by atoms with Crippen molar-refractivity contribution < 1.29 is 14.3 Å². The van der Waals surface area contributed by atoms with Gasteiger partial charge in [0.05, 0.1) is 7.11 Å². The average molecular weight is 319 g/mol. The molecule has 0 fully saturated rings. The maximum Gasteiger partial charge on any atom is 0.213 e. The number of benzene rings is 2. The summed E-state index contributed by atoms with van der Waals surface area (Å²) >= 11 is 0. The van der Waals surface area contributed by atoms with Crippen LogP contribution in [0, 0.1) is 0 Å². The van der Waals surface area contributed by atoms with Gasteiger partial charge in [0.2, 0.25) is 5.88 Å². The monoisotopic (exact) mass is 319 g/mol. The third-order valence-corrected chi connectivity index (χ3v) is 3.66. The summed E-state index contributed by atoms with van der Waals surface area (Å²) in [5, 5.41) is 0. The Kier molecular flexibility index (Phi) is 4.87. The minimum absolute atomic E-state index is 0.464. The quantitative estimate of drug-likeness (QED) is 0.640. The summed E-state index contributed by atoms with van der Waals surface area (Å²) in [6.45, 7) is 0.464. The lowest BCUT2D eigenvalue weighted by Crippen LogP contribution is -1.97. The van der Waals surface area contributed by atoms with E-state index in [-0.39, 0.29) is 0 Å². The molecule has 1 heterocycles. The normalized spacial score (nSPS) is 10.2. The minimum Gasteiger partial charge on any atom is -0.497 e. The largest absolute Gasteiger partial charge is 0.497 e. The second kappa shape index (κ2) is 7.42. The van der Waals surface area contributed by atoms with E-state index in [0.717, 1.165) is 23.0 Å². The number of rotatable bonds is 6. The summed E-state index contributed by atoms with van der Waals surface area (Å²) in [7, 11) is 1.60. The van der Waals surface area contributed by atoms with Gasteiger partial charge in [0.1, 0.15) is 12.4 Å². The lowest BCUT2D eigenvalue weighted by Gasteiger charge is -2.09. The van der Waals surface area contributed by atoms with Crippen molar-refractivity contribution in [3.63, 3.8) is 0 Å². The fraction of sp³-hybridized carbons (Fsp3) is 0.100. The predicted molar refractivity (Wildman–Crippen MR) is 92.4 cm³/mol. The zero-order chi connectivity index (χ0) is 16.8. The highest BCUT2D eigenvalue weighted by Crippen LogP contribution is 2.27. The van der Waals surface area contributed by atoms with Gasteiger partial charge >= 0.3 is 0 Å². The summed E-state index contributed by atoms with van der Waals surface area (Å²) in [5.41, 5.74) is 3.30. The van der Waals surface area contributed by atoms with Gasteiger partial charge in [-0.1, -0.05) is 30.3 Å². The molecule has 0 N–H and O–H groups in total. The van der Waals surface area contributed by atoms with Crippen molar-refractivity contribution in [1.29, 1.82) is 0 Å². The van der Waals surface area contributed by atoms with Gasteiger partial charge < -0.3 is 9.47 Å².